The molecule has 1 atom stereocenters. The minimum Gasteiger partial charge on any atom is -0.507 e. The van der Waals surface area contributed by atoms with Crippen molar-refractivity contribution in [3.05, 3.63) is 114 Å². The molecule has 0 fully saturated rings. The van der Waals surface area contributed by atoms with Gasteiger partial charge in [-0.3, -0.25) is 4.98 Å². The number of methoxy groups -OCH3 is 1. The Kier molecular flexibility index (Phi) is 7.07. The third-order valence-electron chi connectivity index (χ3n) is 6.02. The number of rotatable bonds is 4. The van der Waals surface area contributed by atoms with E-state index in [2.05, 4.69) is 11.1 Å². The molecule has 0 saturated heterocycles. The molecule has 0 spiro atoms. The molecule has 1 unspecified atom stereocenters. The average molecular weight is 521 g/mol. The zero-order valence-corrected chi connectivity index (χ0v) is 20.0. The number of phenols is 1. The fourth-order valence-electron chi connectivity index (χ4n) is 4.28. The number of aromatic nitrogens is 1. The van der Waals surface area contributed by atoms with Gasteiger partial charge in [-0.15, -0.1) is 0 Å². The summed E-state index contributed by atoms with van der Waals surface area (Å²) in [5.74, 6) is -1.32. The first kappa shape index (κ1) is 26.2. The summed E-state index contributed by atoms with van der Waals surface area (Å²) in [6.07, 6.45) is -1.64. The van der Waals surface area contributed by atoms with E-state index < -0.39 is 17.7 Å². The molecule has 0 bridgehead atoms. The quantitative estimate of drug-likeness (QED) is 0.344. The number of carboxylic acid groups (broad SMARTS) is 1. The number of aliphatic carboxylic acids is 1. The zero-order chi connectivity index (χ0) is 27.5. The SMILES string of the molecule is COc1ccc(C2(c3ccc(O)c(-c4cccnc4)c3)N=C(N)c3ccccc32)cc1.O=C(O)C(F)(F)F. The number of ether oxygens (including phenoxy) is 1. The molecule has 4 N–H and O–H groups in total. The van der Waals surface area contributed by atoms with Gasteiger partial charge in [-0.1, -0.05) is 48.5 Å². The van der Waals surface area contributed by atoms with E-state index in [4.69, 9.17) is 25.4 Å². The number of halogens is 3. The second kappa shape index (κ2) is 10.3. The van der Waals surface area contributed by atoms with Crippen LogP contribution in [0.25, 0.3) is 11.1 Å². The van der Waals surface area contributed by atoms with E-state index >= 15 is 0 Å². The first-order chi connectivity index (χ1) is 18.1. The smallest absolute Gasteiger partial charge is 0.490 e. The summed E-state index contributed by atoms with van der Waals surface area (Å²) >= 11 is 0. The van der Waals surface area contributed by atoms with Crippen LogP contribution in [0.1, 0.15) is 22.3 Å². The van der Waals surface area contributed by atoms with Crippen LogP contribution >= 0.6 is 0 Å². The van der Waals surface area contributed by atoms with E-state index in [0.29, 0.717) is 11.4 Å². The lowest BCUT2D eigenvalue weighted by Gasteiger charge is -2.30. The Labute approximate surface area is 215 Å². The number of aliphatic imine (C=N–C) groups is 1. The minimum absolute atomic E-state index is 0.185. The zero-order valence-electron chi connectivity index (χ0n) is 20.0. The Hall–Kier alpha value is -4.86. The first-order valence-corrected chi connectivity index (χ1v) is 11.2. The van der Waals surface area contributed by atoms with Crippen molar-refractivity contribution in [3.8, 4) is 22.6 Å². The number of nitrogens with zero attached hydrogens (tertiary/aromatic N) is 2. The Bertz CT molecular complexity index is 1490. The molecule has 10 heteroatoms. The monoisotopic (exact) mass is 521 g/mol. The fourth-order valence-corrected chi connectivity index (χ4v) is 4.28. The summed E-state index contributed by atoms with van der Waals surface area (Å²) in [6.45, 7) is 0. The predicted octanol–water partition coefficient (Wildman–Crippen LogP) is 5.11. The van der Waals surface area contributed by atoms with Crippen molar-refractivity contribution >= 4 is 11.8 Å². The number of hydrogen-bond donors (Lipinski definition) is 3. The molecule has 0 saturated carbocycles. The normalized spacial score (nSPS) is 16.1. The molecule has 1 aliphatic rings. The number of nitrogens with two attached hydrogens (primary N) is 1. The molecule has 194 valence electrons. The number of carbonyl (C=O) groups is 1. The molecule has 2 heterocycles. The van der Waals surface area contributed by atoms with Crippen molar-refractivity contribution in [1.29, 1.82) is 0 Å². The first-order valence-electron chi connectivity index (χ1n) is 11.2. The molecule has 3 aromatic carbocycles. The largest absolute Gasteiger partial charge is 0.507 e. The third-order valence-corrected chi connectivity index (χ3v) is 6.02. The summed E-state index contributed by atoms with van der Waals surface area (Å²) in [7, 11) is 1.64. The molecule has 0 radical (unpaired) electrons. The lowest BCUT2D eigenvalue weighted by Crippen LogP contribution is -2.25. The van der Waals surface area contributed by atoms with Crippen LogP contribution < -0.4 is 10.5 Å². The van der Waals surface area contributed by atoms with Crippen molar-refractivity contribution in [2.75, 3.05) is 7.11 Å². The number of phenolic OH excluding ortho intramolecular Hbond substituents is 1. The number of aromatic hydroxyl groups is 1. The topological polar surface area (TPSA) is 118 Å². The van der Waals surface area contributed by atoms with Crippen molar-refractivity contribution in [3.63, 3.8) is 0 Å². The number of hydrogen-bond acceptors (Lipinski definition) is 6. The molecule has 1 aliphatic heterocycles. The molecule has 0 aliphatic carbocycles. The van der Waals surface area contributed by atoms with E-state index in [1.165, 1.54) is 0 Å². The van der Waals surface area contributed by atoms with Gasteiger partial charge in [0.05, 0.1) is 7.11 Å². The number of alkyl halides is 3. The Morgan fingerprint density at radius 1 is 0.947 bits per heavy atom. The van der Waals surface area contributed by atoms with Gasteiger partial charge in [0.1, 0.15) is 22.9 Å². The molecule has 38 heavy (non-hydrogen) atoms. The van der Waals surface area contributed by atoms with Gasteiger partial charge in [0, 0.05) is 29.1 Å². The van der Waals surface area contributed by atoms with Crippen LogP contribution in [0.2, 0.25) is 0 Å². The Balaban J connectivity index is 0.000000426. The van der Waals surface area contributed by atoms with Gasteiger partial charge >= 0.3 is 12.1 Å². The van der Waals surface area contributed by atoms with Gasteiger partial charge in [0.2, 0.25) is 0 Å². The second-order valence-corrected chi connectivity index (χ2v) is 8.26. The highest BCUT2D eigenvalue weighted by Gasteiger charge is 2.43. The summed E-state index contributed by atoms with van der Waals surface area (Å²) in [6, 6.07) is 25.2. The van der Waals surface area contributed by atoms with Crippen LogP contribution in [0.4, 0.5) is 13.2 Å². The fraction of sp³-hybridized carbons (Fsp3) is 0.107. The van der Waals surface area contributed by atoms with Crippen molar-refractivity contribution in [2.24, 2.45) is 10.7 Å². The highest BCUT2D eigenvalue weighted by atomic mass is 19.4. The third kappa shape index (κ3) is 4.88. The van der Waals surface area contributed by atoms with E-state index in [1.54, 1.807) is 25.6 Å². The van der Waals surface area contributed by atoms with Crippen LogP contribution in [0, 0.1) is 0 Å². The number of fused-ring (bicyclic) bond motifs is 1. The lowest BCUT2D eigenvalue weighted by molar-refractivity contribution is -0.192. The number of carboxylic acids is 1. The van der Waals surface area contributed by atoms with Gasteiger partial charge in [0.15, 0.2) is 0 Å². The standard InChI is InChI=1S/C26H21N3O2.C2HF3O2/c1-31-20-11-8-18(9-12-20)26(23-7-3-2-6-21(23)25(27)29-26)19-10-13-24(30)22(15-19)17-5-4-14-28-16-17;3-2(4,5)1(6)7/h2-16,30H,1H3,(H2,27,29);(H,6,7). The van der Waals surface area contributed by atoms with E-state index in [-0.39, 0.29) is 5.75 Å². The number of amidine groups is 1. The number of benzene rings is 3. The maximum atomic E-state index is 10.6. The molecule has 4 aromatic rings. The van der Waals surface area contributed by atoms with Crippen molar-refractivity contribution < 1.29 is 32.9 Å². The molecule has 7 nitrogen and oxygen atoms in total. The van der Waals surface area contributed by atoms with Crippen LogP contribution in [0.5, 0.6) is 11.5 Å². The van der Waals surface area contributed by atoms with Crippen LogP contribution in [0.3, 0.4) is 0 Å². The summed E-state index contributed by atoms with van der Waals surface area (Å²) in [4.78, 5) is 18.1. The van der Waals surface area contributed by atoms with Gasteiger partial charge in [-0.2, -0.15) is 13.2 Å². The number of pyridine rings is 1. The Morgan fingerprint density at radius 3 is 2.21 bits per heavy atom. The summed E-state index contributed by atoms with van der Waals surface area (Å²) in [5, 5.41) is 17.7. The molecule has 0 amide bonds. The lowest BCUT2D eigenvalue weighted by atomic mass is 9.77. The maximum absolute atomic E-state index is 10.6. The molecular weight excluding hydrogens is 499 g/mol. The van der Waals surface area contributed by atoms with Gasteiger partial charge in [-0.25, -0.2) is 9.79 Å². The van der Waals surface area contributed by atoms with E-state index in [9.17, 15) is 18.3 Å². The molecule has 1 aromatic heterocycles. The second-order valence-electron chi connectivity index (χ2n) is 8.26. The van der Waals surface area contributed by atoms with Gasteiger partial charge < -0.3 is 20.7 Å². The van der Waals surface area contributed by atoms with Gasteiger partial charge in [0.25, 0.3) is 0 Å². The molecule has 5 rings (SSSR count). The summed E-state index contributed by atoms with van der Waals surface area (Å²) in [5.41, 5.74) is 10.9. The van der Waals surface area contributed by atoms with Crippen LogP contribution in [-0.4, -0.2) is 40.3 Å². The summed E-state index contributed by atoms with van der Waals surface area (Å²) < 4.78 is 37.1. The highest BCUT2D eigenvalue weighted by Crippen LogP contribution is 2.47. The van der Waals surface area contributed by atoms with E-state index in [1.807, 2.05) is 66.7 Å². The maximum Gasteiger partial charge on any atom is 0.490 e. The van der Waals surface area contributed by atoms with Gasteiger partial charge in [-0.05, 0) is 47.0 Å². The van der Waals surface area contributed by atoms with Crippen molar-refractivity contribution in [1.82, 2.24) is 4.98 Å². The van der Waals surface area contributed by atoms with Crippen LogP contribution in [0.15, 0.2) is 96.2 Å². The minimum atomic E-state index is -5.08. The Morgan fingerprint density at radius 2 is 1.61 bits per heavy atom. The predicted molar refractivity (Wildman–Crippen MR) is 135 cm³/mol. The average Bonchev–Trinajstić information content (AvgIpc) is 3.22. The van der Waals surface area contributed by atoms with E-state index in [0.717, 1.165) is 33.6 Å². The van der Waals surface area contributed by atoms with Crippen LogP contribution in [-0.2, 0) is 10.3 Å². The van der Waals surface area contributed by atoms with Crippen molar-refractivity contribution in [2.45, 2.75) is 11.7 Å². The highest BCUT2D eigenvalue weighted by molar-refractivity contribution is 6.03. The molecular formula is C28H22F3N3O4.